The summed E-state index contributed by atoms with van der Waals surface area (Å²) in [6, 6.07) is -0.319. The molecule has 1 aromatic rings. The van der Waals surface area contributed by atoms with E-state index in [1.165, 1.54) is 11.3 Å². The molecule has 5 unspecified atom stereocenters. The first kappa shape index (κ1) is 27.2. The average Bonchev–Trinajstić information content (AvgIpc) is 3.36. The minimum atomic E-state index is -0.937. The Labute approximate surface area is 201 Å². The highest BCUT2D eigenvalue weighted by Crippen LogP contribution is 2.31. The molecule has 0 radical (unpaired) electrons. The number of allylic oxidation sites excluding steroid dienone is 3. The SMILES string of the molecule is CC1C=CC(CC(CC(C)C(=O)O)NC(=O)c2csc(C(C[C@@H](C)C(C)C)OC(C)O)n2)=C1. The van der Waals surface area contributed by atoms with Crippen molar-refractivity contribution < 1.29 is 24.5 Å². The van der Waals surface area contributed by atoms with Crippen molar-refractivity contribution in [1.29, 1.82) is 0 Å². The molecule has 0 aromatic carbocycles. The van der Waals surface area contributed by atoms with Gasteiger partial charge in [0.1, 0.15) is 16.8 Å². The summed E-state index contributed by atoms with van der Waals surface area (Å²) in [5.74, 6) is -0.645. The molecule has 0 fully saturated rings. The highest BCUT2D eigenvalue weighted by Gasteiger charge is 2.26. The molecule has 1 aliphatic carbocycles. The topological polar surface area (TPSA) is 109 Å². The van der Waals surface area contributed by atoms with Gasteiger partial charge in [-0.3, -0.25) is 9.59 Å². The number of carbonyl (C=O) groups excluding carboxylic acids is 1. The molecule has 6 atom stereocenters. The summed E-state index contributed by atoms with van der Waals surface area (Å²) in [5.41, 5.74) is 1.38. The zero-order valence-corrected chi connectivity index (χ0v) is 21.3. The number of nitrogens with zero attached hydrogens (tertiary/aromatic N) is 1. The summed E-state index contributed by atoms with van der Waals surface area (Å²) < 4.78 is 5.70. The van der Waals surface area contributed by atoms with Crippen molar-refractivity contribution in [2.45, 2.75) is 79.2 Å². The van der Waals surface area contributed by atoms with Crippen molar-refractivity contribution >= 4 is 23.2 Å². The first-order chi connectivity index (χ1) is 15.5. The van der Waals surface area contributed by atoms with E-state index in [4.69, 9.17) is 4.74 Å². The predicted octanol–water partition coefficient (Wildman–Crippen LogP) is 4.95. The van der Waals surface area contributed by atoms with Gasteiger partial charge in [0.25, 0.3) is 5.91 Å². The molecule has 2 rings (SSSR count). The highest BCUT2D eigenvalue weighted by molar-refractivity contribution is 7.09. The number of rotatable bonds is 13. The number of aliphatic hydroxyl groups is 1. The molecule has 1 aromatic heterocycles. The second-order valence-electron chi connectivity index (χ2n) is 9.56. The van der Waals surface area contributed by atoms with Crippen LogP contribution < -0.4 is 5.32 Å². The molecule has 3 N–H and O–H groups in total. The van der Waals surface area contributed by atoms with E-state index in [1.54, 1.807) is 19.2 Å². The van der Waals surface area contributed by atoms with Gasteiger partial charge in [-0.2, -0.15) is 0 Å². The van der Waals surface area contributed by atoms with Crippen LogP contribution in [0.5, 0.6) is 0 Å². The maximum atomic E-state index is 13.0. The van der Waals surface area contributed by atoms with Crippen molar-refractivity contribution in [2.24, 2.45) is 23.7 Å². The van der Waals surface area contributed by atoms with E-state index in [0.717, 1.165) is 5.57 Å². The molecule has 1 amide bonds. The Kier molecular flexibility index (Phi) is 10.3. The maximum Gasteiger partial charge on any atom is 0.306 e. The number of aliphatic carboxylic acids is 1. The number of nitrogens with one attached hydrogen (secondary N) is 1. The summed E-state index contributed by atoms with van der Waals surface area (Å²) in [4.78, 5) is 28.9. The predicted molar refractivity (Wildman–Crippen MR) is 130 cm³/mol. The summed E-state index contributed by atoms with van der Waals surface area (Å²) in [5, 5.41) is 24.5. The van der Waals surface area contributed by atoms with E-state index in [-0.39, 0.29) is 17.6 Å². The summed E-state index contributed by atoms with van der Waals surface area (Å²) >= 11 is 1.34. The Morgan fingerprint density at radius 1 is 1.21 bits per heavy atom. The van der Waals surface area contributed by atoms with Crippen LogP contribution in [0.15, 0.2) is 29.2 Å². The number of carbonyl (C=O) groups is 2. The van der Waals surface area contributed by atoms with Gasteiger partial charge in [-0.05, 0) is 49.5 Å². The Balaban J connectivity index is 2.14. The lowest BCUT2D eigenvalue weighted by Gasteiger charge is -2.23. The molecule has 1 aliphatic rings. The largest absolute Gasteiger partial charge is 0.481 e. The lowest BCUT2D eigenvalue weighted by molar-refractivity contribution is -0.141. The Bertz CT molecular complexity index is 861. The summed E-state index contributed by atoms with van der Waals surface area (Å²) in [6.07, 6.45) is 6.50. The lowest BCUT2D eigenvalue weighted by atomic mass is 9.92. The van der Waals surface area contributed by atoms with Crippen LogP contribution in [-0.4, -0.2) is 39.4 Å². The fraction of sp³-hybridized carbons (Fsp3) is 0.640. The molecule has 0 bridgehead atoms. The Morgan fingerprint density at radius 2 is 1.91 bits per heavy atom. The molecule has 0 spiro atoms. The van der Waals surface area contributed by atoms with Gasteiger partial charge in [0, 0.05) is 11.4 Å². The molecule has 0 aliphatic heterocycles. The van der Waals surface area contributed by atoms with Gasteiger partial charge in [0.05, 0.1) is 5.92 Å². The summed E-state index contributed by atoms with van der Waals surface area (Å²) in [7, 11) is 0. The fourth-order valence-electron chi connectivity index (χ4n) is 3.73. The second kappa shape index (κ2) is 12.4. The van der Waals surface area contributed by atoms with Crippen molar-refractivity contribution in [3.8, 4) is 0 Å². The van der Waals surface area contributed by atoms with Gasteiger partial charge < -0.3 is 20.3 Å². The van der Waals surface area contributed by atoms with Crippen LogP contribution in [0.2, 0.25) is 0 Å². The second-order valence-corrected chi connectivity index (χ2v) is 10.5. The summed E-state index contributed by atoms with van der Waals surface area (Å²) in [6.45, 7) is 11.7. The number of hydrogen-bond acceptors (Lipinski definition) is 6. The highest BCUT2D eigenvalue weighted by atomic mass is 32.1. The van der Waals surface area contributed by atoms with Gasteiger partial charge >= 0.3 is 5.97 Å². The zero-order chi connectivity index (χ0) is 24.7. The number of aliphatic hydroxyl groups excluding tert-OH is 1. The maximum absolute atomic E-state index is 13.0. The van der Waals surface area contributed by atoms with Crippen LogP contribution in [-0.2, 0) is 9.53 Å². The third kappa shape index (κ3) is 8.68. The molecule has 33 heavy (non-hydrogen) atoms. The van der Waals surface area contributed by atoms with E-state index >= 15 is 0 Å². The van der Waals surface area contributed by atoms with Gasteiger partial charge in [-0.15, -0.1) is 11.3 Å². The van der Waals surface area contributed by atoms with E-state index in [0.29, 0.717) is 42.0 Å². The number of hydrogen-bond donors (Lipinski definition) is 3. The first-order valence-electron chi connectivity index (χ1n) is 11.7. The third-order valence-electron chi connectivity index (χ3n) is 6.08. The number of thiazole rings is 1. The molecular weight excluding hydrogens is 440 g/mol. The number of carboxylic acids is 1. The van der Waals surface area contributed by atoms with Gasteiger partial charge in [-0.25, -0.2) is 4.98 Å². The first-order valence-corrected chi connectivity index (χ1v) is 12.6. The third-order valence-corrected chi connectivity index (χ3v) is 7.02. The van der Waals surface area contributed by atoms with Crippen LogP contribution >= 0.6 is 11.3 Å². The smallest absolute Gasteiger partial charge is 0.306 e. The van der Waals surface area contributed by atoms with E-state index in [2.05, 4.69) is 50.1 Å². The van der Waals surface area contributed by atoms with E-state index in [1.807, 2.05) is 6.08 Å². The van der Waals surface area contributed by atoms with Crippen LogP contribution in [0.3, 0.4) is 0 Å². The van der Waals surface area contributed by atoms with E-state index < -0.39 is 24.3 Å². The van der Waals surface area contributed by atoms with Crippen molar-refractivity contribution in [3.63, 3.8) is 0 Å². The Hall–Kier alpha value is -2.03. The zero-order valence-electron chi connectivity index (χ0n) is 20.4. The van der Waals surface area contributed by atoms with Crippen molar-refractivity contribution in [2.75, 3.05) is 0 Å². The van der Waals surface area contributed by atoms with Crippen molar-refractivity contribution in [1.82, 2.24) is 10.3 Å². The fourth-order valence-corrected chi connectivity index (χ4v) is 4.57. The lowest BCUT2D eigenvalue weighted by Crippen LogP contribution is -2.37. The molecule has 0 saturated heterocycles. The standard InChI is InChI=1S/C25H38N2O5S/c1-14(2)16(4)11-22(32-18(6)28)24-27-21(13-33-24)23(29)26-20(10-17(5)25(30)31)12-19-8-7-15(3)9-19/h7-9,13-18,20,22,28H,10-12H2,1-6H3,(H,26,29)(H,30,31)/t15?,16-,17?,18?,20?,22?/m1/s1. The van der Waals surface area contributed by atoms with Crippen LogP contribution in [0, 0.1) is 23.7 Å². The molecule has 0 saturated carbocycles. The normalized spacial score (nSPS) is 20.2. The van der Waals surface area contributed by atoms with E-state index in [9.17, 15) is 19.8 Å². The number of aromatic nitrogens is 1. The molecule has 7 nitrogen and oxygen atoms in total. The van der Waals surface area contributed by atoms with Crippen LogP contribution in [0.1, 0.15) is 82.4 Å². The van der Waals surface area contributed by atoms with Gasteiger partial charge in [-0.1, -0.05) is 52.8 Å². The molecule has 8 heteroatoms. The van der Waals surface area contributed by atoms with Crippen LogP contribution in [0.4, 0.5) is 0 Å². The van der Waals surface area contributed by atoms with Crippen molar-refractivity contribution in [3.05, 3.63) is 39.9 Å². The minimum Gasteiger partial charge on any atom is -0.481 e. The minimum absolute atomic E-state index is 0.281. The number of amides is 1. The van der Waals surface area contributed by atoms with Crippen LogP contribution in [0.25, 0.3) is 0 Å². The van der Waals surface area contributed by atoms with Gasteiger partial charge in [0.15, 0.2) is 6.29 Å². The molecular formula is C25H38N2O5S. The quantitative estimate of drug-likeness (QED) is 0.346. The monoisotopic (exact) mass is 478 g/mol. The number of carboxylic acid groups (broad SMARTS) is 1. The molecule has 184 valence electrons. The average molecular weight is 479 g/mol. The van der Waals surface area contributed by atoms with Gasteiger partial charge in [0.2, 0.25) is 0 Å². The molecule has 1 heterocycles. The Morgan fingerprint density at radius 3 is 2.45 bits per heavy atom. The number of ether oxygens (including phenoxy) is 1.